The van der Waals surface area contributed by atoms with Crippen LogP contribution in [0.5, 0.6) is 5.75 Å². The molecule has 0 bridgehead atoms. The second-order valence-corrected chi connectivity index (χ2v) is 7.40. The molecule has 1 aromatic carbocycles. The predicted octanol–water partition coefficient (Wildman–Crippen LogP) is 1.83. The minimum Gasteiger partial charge on any atom is -0.486 e. The fourth-order valence-corrected chi connectivity index (χ4v) is 3.57. The normalized spacial score (nSPS) is 12.7. The maximum atomic E-state index is 12.5. The molecular weight excluding hydrogens is 354 g/mol. The Labute approximate surface area is 151 Å². The number of aromatic nitrogens is 4. The maximum Gasteiger partial charge on any atom is 0.241 e. The molecule has 26 heavy (non-hydrogen) atoms. The first-order valence-corrected chi connectivity index (χ1v) is 9.42. The van der Waals surface area contributed by atoms with Crippen molar-refractivity contribution in [1.82, 2.24) is 24.5 Å². The number of rotatable bonds is 7. The summed E-state index contributed by atoms with van der Waals surface area (Å²) < 4.78 is 34.9. The van der Waals surface area contributed by atoms with Crippen LogP contribution in [0.2, 0.25) is 0 Å². The number of pyridine rings is 1. The van der Waals surface area contributed by atoms with Crippen molar-refractivity contribution in [1.29, 1.82) is 0 Å². The van der Waals surface area contributed by atoms with Crippen LogP contribution in [-0.4, -0.2) is 28.2 Å². The zero-order valence-electron chi connectivity index (χ0n) is 14.4. The molecule has 0 aliphatic heterocycles. The number of aryl methyl sites for hydroxylation is 1. The van der Waals surface area contributed by atoms with Gasteiger partial charge < -0.3 is 4.74 Å². The van der Waals surface area contributed by atoms with Gasteiger partial charge in [-0.15, -0.1) is 0 Å². The first-order chi connectivity index (χ1) is 12.5. The summed E-state index contributed by atoms with van der Waals surface area (Å²) in [7, 11) is -1.87. The Morgan fingerprint density at radius 1 is 1.15 bits per heavy atom. The highest BCUT2D eigenvalue weighted by Gasteiger charge is 2.18. The Morgan fingerprint density at radius 3 is 2.46 bits per heavy atom. The largest absolute Gasteiger partial charge is 0.486 e. The van der Waals surface area contributed by atoms with Gasteiger partial charge in [0.25, 0.3) is 0 Å². The molecule has 9 heteroatoms. The van der Waals surface area contributed by atoms with Crippen LogP contribution >= 0.6 is 0 Å². The van der Waals surface area contributed by atoms with E-state index in [2.05, 4.69) is 19.8 Å². The summed E-state index contributed by atoms with van der Waals surface area (Å²) >= 11 is 0. The Balaban J connectivity index is 1.66. The van der Waals surface area contributed by atoms with Gasteiger partial charge in [0.2, 0.25) is 10.0 Å². The predicted molar refractivity (Wildman–Crippen MR) is 94.8 cm³/mol. The summed E-state index contributed by atoms with van der Waals surface area (Å²) in [6.07, 6.45) is 4.71. The molecule has 1 N–H and O–H groups in total. The number of nitrogens with zero attached hydrogens (tertiary/aromatic N) is 4. The Morgan fingerprint density at radius 2 is 1.85 bits per heavy atom. The number of sulfonamides is 1. The highest BCUT2D eigenvalue weighted by atomic mass is 32.2. The van der Waals surface area contributed by atoms with Gasteiger partial charge in [0.05, 0.1) is 4.90 Å². The van der Waals surface area contributed by atoms with Crippen molar-refractivity contribution in [2.45, 2.75) is 24.5 Å². The Bertz CT molecular complexity index is 956. The second-order valence-electron chi connectivity index (χ2n) is 5.68. The van der Waals surface area contributed by atoms with E-state index in [1.165, 1.54) is 18.5 Å². The summed E-state index contributed by atoms with van der Waals surface area (Å²) in [5, 5.41) is 3.96. The molecule has 3 aromatic rings. The topological polar surface area (TPSA) is 99.0 Å². The van der Waals surface area contributed by atoms with E-state index in [-0.39, 0.29) is 17.5 Å². The van der Waals surface area contributed by atoms with E-state index >= 15 is 0 Å². The zero-order valence-corrected chi connectivity index (χ0v) is 15.2. The van der Waals surface area contributed by atoms with Crippen molar-refractivity contribution in [3.63, 3.8) is 0 Å². The van der Waals surface area contributed by atoms with Crippen LogP contribution in [0.15, 0.2) is 60.0 Å². The third kappa shape index (κ3) is 4.24. The van der Waals surface area contributed by atoms with Gasteiger partial charge in [-0.05, 0) is 48.9 Å². The average Bonchev–Trinajstić information content (AvgIpc) is 3.05. The molecule has 0 saturated heterocycles. The van der Waals surface area contributed by atoms with Crippen molar-refractivity contribution in [2.24, 2.45) is 7.05 Å². The minimum atomic E-state index is -3.64. The number of benzene rings is 1. The third-order valence-corrected chi connectivity index (χ3v) is 5.40. The molecule has 3 rings (SSSR count). The summed E-state index contributed by atoms with van der Waals surface area (Å²) in [5.74, 6) is 1.23. The first-order valence-electron chi connectivity index (χ1n) is 7.94. The number of ether oxygens (including phenoxy) is 1. The molecule has 0 radical (unpaired) electrons. The van der Waals surface area contributed by atoms with Crippen LogP contribution in [0.3, 0.4) is 0 Å². The van der Waals surface area contributed by atoms with E-state index in [4.69, 9.17) is 4.74 Å². The van der Waals surface area contributed by atoms with Crippen LogP contribution in [-0.2, 0) is 23.7 Å². The highest BCUT2D eigenvalue weighted by Crippen LogP contribution is 2.19. The quantitative estimate of drug-likeness (QED) is 0.678. The number of nitrogens with one attached hydrogen (secondary N) is 1. The zero-order chi connectivity index (χ0) is 18.6. The smallest absolute Gasteiger partial charge is 0.241 e. The lowest BCUT2D eigenvalue weighted by Crippen LogP contribution is -2.26. The van der Waals surface area contributed by atoms with E-state index in [1.54, 1.807) is 55.3 Å². The minimum absolute atomic E-state index is 0.171. The van der Waals surface area contributed by atoms with Gasteiger partial charge in [0.15, 0.2) is 5.82 Å². The van der Waals surface area contributed by atoms with Crippen LogP contribution in [0.25, 0.3) is 0 Å². The molecule has 136 valence electrons. The molecule has 0 spiro atoms. The molecular formula is C17H19N5O3S. The summed E-state index contributed by atoms with van der Waals surface area (Å²) in [6.45, 7) is 2.03. The summed E-state index contributed by atoms with van der Waals surface area (Å²) in [4.78, 5) is 8.17. The number of hydrogen-bond donors (Lipinski definition) is 1. The van der Waals surface area contributed by atoms with E-state index in [0.717, 1.165) is 5.56 Å². The lowest BCUT2D eigenvalue weighted by Gasteiger charge is -2.14. The van der Waals surface area contributed by atoms with Crippen molar-refractivity contribution in [3.8, 4) is 5.75 Å². The summed E-state index contributed by atoms with van der Waals surface area (Å²) in [5.41, 5.74) is 0.840. The van der Waals surface area contributed by atoms with E-state index in [1.807, 2.05) is 0 Å². The van der Waals surface area contributed by atoms with Gasteiger partial charge in [-0.25, -0.2) is 18.1 Å². The molecule has 2 heterocycles. The van der Waals surface area contributed by atoms with Crippen LogP contribution in [0.1, 0.15) is 24.4 Å². The fraction of sp³-hybridized carbons (Fsp3) is 0.235. The molecule has 1 atom stereocenters. The fourth-order valence-electron chi connectivity index (χ4n) is 2.33. The van der Waals surface area contributed by atoms with Crippen LogP contribution < -0.4 is 9.46 Å². The van der Waals surface area contributed by atoms with Gasteiger partial charge in [-0.2, -0.15) is 5.10 Å². The molecule has 0 fully saturated rings. The van der Waals surface area contributed by atoms with E-state index in [9.17, 15) is 8.42 Å². The first kappa shape index (κ1) is 18.0. The van der Waals surface area contributed by atoms with Gasteiger partial charge in [0, 0.05) is 25.5 Å². The highest BCUT2D eigenvalue weighted by molar-refractivity contribution is 7.89. The Hall–Kier alpha value is -2.78. The van der Waals surface area contributed by atoms with Gasteiger partial charge in [-0.1, -0.05) is 0 Å². The summed E-state index contributed by atoms with van der Waals surface area (Å²) in [6, 6.07) is 9.42. The van der Waals surface area contributed by atoms with Gasteiger partial charge in [-0.3, -0.25) is 9.67 Å². The average molecular weight is 373 g/mol. The van der Waals surface area contributed by atoms with Crippen LogP contribution in [0.4, 0.5) is 0 Å². The monoisotopic (exact) mass is 373 g/mol. The van der Waals surface area contributed by atoms with Gasteiger partial charge >= 0.3 is 0 Å². The Kier molecular flexibility index (Phi) is 5.29. The van der Waals surface area contributed by atoms with Crippen molar-refractivity contribution in [2.75, 3.05) is 0 Å². The lowest BCUT2D eigenvalue weighted by atomic mass is 10.1. The van der Waals surface area contributed by atoms with E-state index in [0.29, 0.717) is 11.6 Å². The van der Waals surface area contributed by atoms with Crippen LogP contribution in [0, 0.1) is 0 Å². The van der Waals surface area contributed by atoms with Crippen molar-refractivity contribution >= 4 is 10.0 Å². The van der Waals surface area contributed by atoms with E-state index < -0.39 is 10.0 Å². The van der Waals surface area contributed by atoms with Crippen molar-refractivity contribution < 1.29 is 13.2 Å². The molecule has 0 saturated carbocycles. The molecule has 2 aromatic heterocycles. The molecule has 0 aliphatic rings. The molecule has 0 aliphatic carbocycles. The molecule has 0 amide bonds. The third-order valence-electron chi connectivity index (χ3n) is 3.85. The molecule has 1 unspecified atom stereocenters. The lowest BCUT2D eigenvalue weighted by molar-refractivity contribution is 0.289. The second kappa shape index (κ2) is 7.63. The number of hydrogen-bond acceptors (Lipinski definition) is 6. The van der Waals surface area contributed by atoms with Crippen molar-refractivity contribution in [3.05, 3.63) is 66.5 Å². The standard InChI is InChI=1S/C17H19N5O3S/c1-13(14-7-9-18-10-8-14)21-26(23,24)16-5-3-15(4-6-16)25-11-17-19-12-20-22(17)2/h3-10,12-13,21H,11H2,1-2H3. The maximum absolute atomic E-state index is 12.5. The SMILES string of the molecule is CC(NS(=O)(=O)c1ccc(OCc2ncnn2C)cc1)c1ccncc1. The molecule has 8 nitrogen and oxygen atoms in total. The van der Waals surface area contributed by atoms with Gasteiger partial charge in [0.1, 0.15) is 18.7 Å².